The fourth-order valence-electron chi connectivity index (χ4n) is 4.12. The van der Waals surface area contributed by atoms with Gasteiger partial charge in [0.2, 0.25) is 5.95 Å². The molecule has 180 valence electrons. The molecular weight excluding hydrogens is 452 g/mol. The molecule has 2 aromatic carbocycles. The van der Waals surface area contributed by atoms with Crippen LogP contribution in [0.4, 0.5) is 11.6 Å². The van der Waals surface area contributed by atoms with Crippen molar-refractivity contribution in [2.45, 2.75) is 13.8 Å². The summed E-state index contributed by atoms with van der Waals surface area (Å²) in [6, 6.07) is 21.4. The Bertz CT molecular complexity index is 1570. The first kappa shape index (κ1) is 23.0. The van der Waals surface area contributed by atoms with Crippen molar-refractivity contribution in [3.05, 3.63) is 90.0 Å². The molecule has 5 rings (SSSR count). The molecule has 8 heteroatoms. The van der Waals surface area contributed by atoms with E-state index in [2.05, 4.69) is 44.9 Å². The highest BCUT2D eigenvalue weighted by atomic mass is 16.5. The number of imidazole rings is 1. The lowest BCUT2D eigenvalue weighted by molar-refractivity contribution is 0.0958. The van der Waals surface area contributed by atoms with Crippen molar-refractivity contribution >= 4 is 28.6 Å². The van der Waals surface area contributed by atoms with E-state index in [0.29, 0.717) is 23.1 Å². The number of aromatic nitrogens is 4. The zero-order valence-electron chi connectivity index (χ0n) is 20.5. The van der Waals surface area contributed by atoms with Crippen molar-refractivity contribution in [1.82, 2.24) is 24.8 Å². The van der Waals surface area contributed by atoms with Gasteiger partial charge in [-0.3, -0.25) is 14.8 Å². The van der Waals surface area contributed by atoms with Gasteiger partial charge in [-0.05, 0) is 67.4 Å². The molecule has 0 saturated carbocycles. The third-order valence-electron chi connectivity index (χ3n) is 5.81. The van der Waals surface area contributed by atoms with Crippen LogP contribution in [0, 0.1) is 13.8 Å². The van der Waals surface area contributed by atoms with Gasteiger partial charge in [0.05, 0.1) is 11.0 Å². The summed E-state index contributed by atoms with van der Waals surface area (Å²) >= 11 is 0. The van der Waals surface area contributed by atoms with Gasteiger partial charge in [-0.2, -0.15) is 0 Å². The van der Waals surface area contributed by atoms with Crippen molar-refractivity contribution in [2.75, 3.05) is 12.4 Å². The van der Waals surface area contributed by atoms with E-state index in [-0.39, 0.29) is 5.91 Å². The summed E-state index contributed by atoms with van der Waals surface area (Å²) in [5.74, 6) is 1.59. The number of ether oxygens (including phenoxy) is 1. The van der Waals surface area contributed by atoms with Crippen LogP contribution in [0.3, 0.4) is 0 Å². The van der Waals surface area contributed by atoms with Gasteiger partial charge in [-0.1, -0.05) is 12.1 Å². The van der Waals surface area contributed by atoms with Crippen LogP contribution in [0.1, 0.15) is 21.9 Å². The molecule has 0 bridgehead atoms. The summed E-state index contributed by atoms with van der Waals surface area (Å²) in [6.45, 7) is 4.01. The van der Waals surface area contributed by atoms with E-state index >= 15 is 0 Å². The summed E-state index contributed by atoms with van der Waals surface area (Å²) in [4.78, 5) is 25.2. The molecule has 3 heterocycles. The molecule has 8 nitrogen and oxygen atoms in total. The number of rotatable bonds is 6. The highest BCUT2D eigenvalue weighted by molar-refractivity contribution is 5.92. The van der Waals surface area contributed by atoms with Crippen LogP contribution in [0.5, 0.6) is 11.5 Å². The molecule has 5 aromatic rings. The maximum Gasteiger partial charge on any atom is 0.269 e. The van der Waals surface area contributed by atoms with Crippen LogP contribution < -0.4 is 15.4 Å². The quantitative estimate of drug-likeness (QED) is 0.333. The monoisotopic (exact) mass is 478 g/mol. The predicted octanol–water partition coefficient (Wildman–Crippen LogP) is 5.54. The number of hydrogen-bond donors (Lipinski definition) is 2. The number of carbonyl (C=O) groups is 1. The number of pyridine rings is 2. The van der Waals surface area contributed by atoms with E-state index < -0.39 is 0 Å². The minimum Gasteiger partial charge on any atom is -0.457 e. The van der Waals surface area contributed by atoms with Crippen molar-refractivity contribution in [1.29, 1.82) is 0 Å². The van der Waals surface area contributed by atoms with Crippen LogP contribution in [0.2, 0.25) is 0 Å². The SMILES string of the molecule is CNC(=O)c1cc(Oc2ccc3c(c2)nc(Nc2cccc(-c4cc(C)nc(C)c4)c2)n3C)ccn1. The highest BCUT2D eigenvalue weighted by Gasteiger charge is 2.12. The van der Waals surface area contributed by atoms with Crippen molar-refractivity contribution in [2.24, 2.45) is 7.05 Å². The van der Waals surface area contributed by atoms with Gasteiger partial charge in [0, 0.05) is 49.5 Å². The first-order chi connectivity index (χ1) is 17.4. The maximum atomic E-state index is 11.9. The van der Waals surface area contributed by atoms with Crippen LogP contribution in [-0.2, 0) is 7.05 Å². The number of fused-ring (bicyclic) bond motifs is 1. The molecule has 0 aliphatic carbocycles. The van der Waals surface area contributed by atoms with E-state index in [1.165, 1.54) is 0 Å². The van der Waals surface area contributed by atoms with Crippen LogP contribution >= 0.6 is 0 Å². The fourth-order valence-corrected chi connectivity index (χ4v) is 4.12. The smallest absolute Gasteiger partial charge is 0.269 e. The Balaban J connectivity index is 1.40. The molecule has 0 radical (unpaired) electrons. The molecular formula is C28H26N6O2. The number of hydrogen-bond acceptors (Lipinski definition) is 6. The standard InChI is InChI=1S/C28H26N6O2/c1-17-12-20(13-18(2)31-17)19-6-5-7-21(14-19)32-28-33-24-15-22(8-9-26(24)34(28)4)36-23-10-11-30-25(16-23)27(35)29-3/h5-16H,1-4H3,(H,29,35)(H,32,33). The van der Waals surface area contributed by atoms with Crippen molar-refractivity contribution in [3.63, 3.8) is 0 Å². The van der Waals surface area contributed by atoms with Crippen LogP contribution in [0.15, 0.2) is 72.9 Å². The molecule has 0 fully saturated rings. The van der Waals surface area contributed by atoms with Gasteiger partial charge in [0.15, 0.2) is 0 Å². The third kappa shape index (κ3) is 4.74. The maximum absolute atomic E-state index is 11.9. The van der Waals surface area contributed by atoms with Gasteiger partial charge in [0.25, 0.3) is 5.91 Å². The lowest BCUT2D eigenvalue weighted by Crippen LogP contribution is -2.18. The molecule has 3 aromatic heterocycles. The Kier molecular flexibility index (Phi) is 6.08. The normalized spacial score (nSPS) is 10.9. The van der Waals surface area contributed by atoms with E-state index in [1.54, 1.807) is 25.4 Å². The van der Waals surface area contributed by atoms with E-state index in [4.69, 9.17) is 9.72 Å². The number of anilines is 2. The molecule has 2 N–H and O–H groups in total. The first-order valence-electron chi connectivity index (χ1n) is 11.5. The Morgan fingerprint density at radius 2 is 1.67 bits per heavy atom. The summed E-state index contributed by atoms with van der Waals surface area (Å²) in [6.07, 6.45) is 1.55. The minimum atomic E-state index is -0.269. The molecule has 0 saturated heterocycles. The summed E-state index contributed by atoms with van der Waals surface area (Å²) < 4.78 is 7.98. The van der Waals surface area contributed by atoms with E-state index in [9.17, 15) is 4.79 Å². The Morgan fingerprint density at radius 3 is 2.44 bits per heavy atom. The van der Waals surface area contributed by atoms with Crippen molar-refractivity contribution in [3.8, 4) is 22.6 Å². The molecule has 0 atom stereocenters. The number of benzene rings is 2. The van der Waals surface area contributed by atoms with Crippen LogP contribution in [0.25, 0.3) is 22.2 Å². The summed E-state index contributed by atoms with van der Waals surface area (Å²) in [5, 5.41) is 6.00. The second kappa shape index (κ2) is 9.50. The second-order valence-electron chi connectivity index (χ2n) is 8.55. The largest absolute Gasteiger partial charge is 0.457 e. The number of nitrogens with zero attached hydrogens (tertiary/aromatic N) is 4. The Hall–Kier alpha value is -4.72. The second-order valence-corrected chi connectivity index (χ2v) is 8.55. The topological polar surface area (TPSA) is 94.0 Å². The predicted molar refractivity (Wildman–Crippen MR) is 141 cm³/mol. The zero-order chi connectivity index (χ0) is 25.2. The molecule has 0 unspecified atom stereocenters. The van der Waals surface area contributed by atoms with Gasteiger partial charge in [0.1, 0.15) is 17.2 Å². The molecule has 0 aliphatic heterocycles. The zero-order valence-corrected chi connectivity index (χ0v) is 20.5. The van der Waals surface area contributed by atoms with E-state index in [0.717, 1.165) is 39.2 Å². The summed E-state index contributed by atoms with van der Waals surface area (Å²) in [5.41, 5.74) is 7.20. The number of carbonyl (C=O) groups excluding carboxylic acids is 1. The van der Waals surface area contributed by atoms with Gasteiger partial charge in [-0.15, -0.1) is 0 Å². The molecule has 0 spiro atoms. The summed E-state index contributed by atoms with van der Waals surface area (Å²) in [7, 11) is 3.53. The average Bonchev–Trinajstić information content (AvgIpc) is 3.17. The lowest BCUT2D eigenvalue weighted by atomic mass is 10.0. The number of aryl methyl sites for hydroxylation is 3. The van der Waals surface area contributed by atoms with Gasteiger partial charge >= 0.3 is 0 Å². The molecule has 36 heavy (non-hydrogen) atoms. The van der Waals surface area contributed by atoms with Crippen LogP contribution in [-0.4, -0.2) is 32.5 Å². The highest BCUT2D eigenvalue weighted by Crippen LogP contribution is 2.29. The van der Waals surface area contributed by atoms with Gasteiger partial charge < -0.3 is 19.9 Å². The molecule has 1 amide bonds. The van der Waals surface area contributed by atoms with E-state index in [1.807, 2.05) is 55.8 Å². The average molecular weight is 479 g/mol. The lowest BCUT2D eigenvalue weighted by Gasteiger charge is -2.09. The number of nitrogens with one attached hydrogen (secondary N) is 2. The molecule has 0 aliphatic rings. The minimum absolute atomic E-state index is 0.269. The fraction of sp³-hybridized carbons (Fsp3) is 0.143. The number of amides is 1. The van der Waals surface area contributed by atoms with Crippen molar-refractivity contribution < 1.29 is 9.53 Å². The first-order valence-corrected chi connectivity index (χ1v) is 11.5. The third-order valence-corrected chi connectivity index (χ3v) is 5.81. The van der Waals surface area contributed by atoms with Gasteiger partial charge in [-0.25, -0.2) is 4.98 Å². The Morgan fingerprint density at radius 1 is 0.889 bits per heavy atom. The Labute approximate surface area is 209 Å².